The van der Waals surface area contributed by atoms with Gasteiger partial charge in [-0.3, -0.25) is 10.1 Å². The van der Waals surface area contributed by atoms with Gasteiger partial charge in [-0.25, -0.2) is 0 Å². The molecule has 2 aromatic carbocycles. The zero-order valence-corrected chi connectivity index (χ0v) is 17.6. The van der Waals surface area contributed by atoms with Crippen LogP contribution in [0.25, 0.3) is 0 Å². The van der Waals surface area contributed by atoms with Gasteiger partial charge in [0.05, 0.1) is 24.7 Å². The Morgan fingerprint density at radius 2 is 1.86 bits per heavy atom. The molecular formula is C23H27N3O2S. The minimum atomic E-state index is -0.302. The van der Waals surface area contributed by atoms with E-state index in [4.69, 9.17) is 22.2 Å². The molecule has 2 aromatic rings. The van der Waals surface area contributed by atoms with Gasteiger partial charge in [0.1, 0.15) is 5.75 Å². The highest BCUT2D eigenvalue weighted by atomic mass is 32.1. The topological polar surface area (TPSA) is 65.4 Å². The number of hydrogen-bond donors (Lipinski definition) is 1. The van der Waals surface area contributed by atoms with Crippen molar-refractivity contribution < 1.29 is 9.53 Å². The van der Waals surface area contributed by atoms with E-state index in [1.165, 1.54) is 5.56 Å². The van der Waals surface area contributed by atoms with Gasteiger partial charge in [0.25, 0.3) is 5.91 Å². The molecule has 6 heteroatoms. The van der Waals surface area contributed by atoms with E-state index in [0.717, 1.165) is 19.3 Å². The number of nitrogens with zero attached hydrogens (tertiary/aromatic N) is 2. The number of nitriles is 1. The second-order valence-corrected chi connectivity index (χ2v) is 6.97. The Bertz CT molecular complexity index is 834. The van der Waals surface area contributed by atoms with E-state index in [2.05, 4.69) is 18.3 Å². The van der Waals surface area contributed by atoms with Gasteiger partial charge in [0.15, 0.2) is 5.11 Å². The molecule has 0 unspecified atom stereocenters. The Hall–Kier alpha value is -2.91. The second kappa shape index (κ2) is 12.5. The quantitative estimate of drug-likeness (QED) is 0.467. The van der Waals surface area contributed by atoms with Crippen LogP contribution in [0.4, 0.5) is 0 Å². The predicted octanol–water partition coefficient (Wildman–Crippen LogP) is 4.34. The molecule has 1 N–H and O–H groups in total. The zero-order valence-electron chi connectivity index (χ0n) is 16.8. The van der Waals surface area contributed by atoms with Gasteiger partial charge in [-0.15, -0.1) is 0 Å². The molecule has 0 spiro atoms. The summed E-state index contributed by atoms with van der Waals surface area (Å²) in [6.07, 6.45) is 3.06. The largest absolute Gasteiger partial charge is 0.493 e. The summed E-state index contributed by atoms with van der Waals surface area (Å²) in [5.74, 6) is 0.248. The van der Waals surface area contributed by atoms with Gasteiger partial charge < -0.3 is 9.64 Å². The van der Waals surface area contributed by atoms with Crippen molar-refractivity contribution in [3.8, 4) is 11.8 Å². The Morgan fingerprint density at radius 3 is 2.59 bits per heavy atom. The first-order valence-corrected chi connectivity index (χ1v) is 10.3. The van der Waals surface area contributed by atoms with E-state index in [1.807, 2.05) is 41.3 Å². The predicted molar refractivity (Wildman–Crippen MR) is 119 cm³/mol. The number of nitrogens with one attached hydrogen (secondary N) is 1. The molecule has 5 nitrogen and oxygen atoms in total. The highest BCUT2D eigenvalue weighted by Crippen LogP contribution is 2.18. The normalized spacial score (nSPS) is 10.1. The van der Waals surface area contributed by atoms with E-state index in [0.29, 0.717) is 42.5 Å². The van der Waals surface area contributed by atoms with Crippen molar-refractivity contribution in [2.45, 2.75) is 32.6 Å². The van der Waals surface area contributed by atoms with Crippen molar-refractivity contribution >= 4 is 23.2 Å². The summed E-state index contributed by atoms with van der Waals surface area (Å²) in [4.78, 5) is 14.7. The molecule has 0 aromatic heterocycles. The maximum absolute atomic E-state index is 12.8. The average Bonchev–Trinajstić information content (AvgIpc) is 2.75. The molecule has 0 radical (unpaired) electrons. The molecule has 1 amide bonds. The lowest BCUT2D eigenvalue weighted by molar-refractivity contribution is 0.0969. The van der Waals surface area contributed by atoms with Crippen LogP contribution in [-0.4, -0.2) is 35.6 Å². The number of unbranched alkanes of at least 4 members (excludes halogenated alkanes) is 1. The smallest absolute Gasteiger partial charge is 0.261 e. The van der Waals surface area contributed by atoms with Crippen LogP contribution in [0.2, 0.25) is 0 Å². The van der Waals surface area contributed by atoms with Crippen molar-refractivity contribution in [3.63, 3.8) is 0 Å². The Kier molecular flexibility index (Phi) is 9.67. The van der Waals surface area contributed by atoms with E-state index in [1.54, 1.807) is 18.2 Å². The van der Waals surface area contributed by atoms with Crippen LogP contribution >= 0.6 is 12.2 Å². The molecular weight excluding hydrogens is 382 g/mol. The van der Waals surface area contributed by atoms with Gasteiger partial charge in [-0.1, -0.05) is 55.8 Å². The number of rotatable bonds is 10. The van der Waals surface area contributed by atoms with Crippen LogP contribution in [0, 0.1) is 11.3 Å². The van der Waals surface area contributed by atoms with Gasteiger partial charge in [0, 0.05) is 13.1 Å². The zero-order chi connectivity index (χ0) is 20.9. The third-order valence-corrected chi connectivity index (χ3v) is 4.76. The maximum atomic E-state index is 12.8. The fourth-order valence-corrected chi connectivity index (χ4v) is 3.03. The van der Waals surface area contributed by atoms with Crippen molar-refractivity contribution in [2.24, 2.45) is 0 Å². The van der Waals surface area contributed by atoms with Crippen LogP contribution in [0.15, 0.2) is 54.6 Å². The molecule has 29 heavy (non-hydrogen) atoms. The fraction of sp³-hybridized carbons (Fsp3) is 0.348. The first-order chi connectivity index (χ1) is 14.2. The van der Waals surface area contributed by atoms with Crippen molar-refractivity contribution in [2.75, 3.05) is 19.7 Å². The number of amides is 1. The standard InChI is InChI=1S/C23H27N3O2S/c1-2-3-18-28-21-13-8-7-12-20(21)22(27)25-23(29)26(16-9-15-24)17-14-19-10-5-4-6-11-19/h4-8,10-13H,2-3,9,14,16-18H2,1H3,(H,25,27,29). The third kappa shape index (κ3) is 7.55. The van der Waals surface area contributed by atoms with Crippen LogP contribution in [0.5, 0.6) is 5.75 Å². The molecule has 0 saturated heterocycles. The number of thiocarbonyl (C=S) groups is 1. The average molecular weight is 410 g/mol. The minimum Gasteiger partial charge on any atom is -0.493 e. The van der Waals surface area contributed by atoms with Crippen molar-refractivity contribution in [3.05, 3.63) is 65.7 Å². The molecule has 0 bridgehead atoms. The molecule has 0 aliphatic carbocycles. The lowest BCUT2D eigenvalue weighted by Crippen LogP contribution is -2.44. The Morgan fingerprint density at radius 1 is 1.14 bits per heavy atom. The number of hydrogen-bond acceptors (Lipinski definition) is 4. The Balaban J connectivity index is 2.02. The van der Waals surface area contributed by atoms with Crippen LogP contribution in [0.1, 0.15) is 42.1 Å². The van der Waals surface area contributed by atoms with Crippen LogP contribution in [0.3, 0.4) is 0 Å². The number of benzene rings is 2. The molecule has 0 atom stereocenters. The highest BCUT2D eigenvalue weighted by molar-refractivity contribution is 7.80. The monoisotopic (exact) mass is 409 g/mol. The van der Waals surface area contributed by atoms with Crippen molar-refractivity contribution in [1.29, 1.82) is 5.26 Å². The second-order valence-electron chi connectivity index (χ2n) is 6.59. The van der Waals surface area contributed by atoms with Crippen LogP contribution in [-0.2, 0) is 6.42 Å². The number of ether oxygens (including phenoxy) is 1. The summed E-state index contributed by atoms with van der Waals surface area (Å²) < 4.78 is 5.75. The van der Waals surface area contributed by atoms with E-state index in [-0.39, 0.29) is 5.91 Å². The summed E-state index contributed by atoms with van der Waals surface area (Å²) >= 11 is 5.47. The molecule has 2 rings (SSSR count). The SMILES string of the molecule is CCCCOc1ccccc1C(=O)NC(=S)N(CCC#N)CCc1ccccc1. The lowest BCUT2D eigenvalue weighted by atomic mass is 10.1. The first kappa shape index (κ1) is 22.4. The minimum absolute atomic E-state index is 0.302. The summed E-state index contributed by atoms with van der Waals surface area (Å²) in [7, 11) is 0. The molecule has 0 heterocycles. The van der Waals surface area contributed by atoms with Crippen LogP contribution < -0.4 is 10.1 Å². The number of carbonyl (C=O) groups excluding carboxylic acids is 1. The summed E-state index contributed by atoms with van der Waals surface area (Å²) in [6.45, 7) is 3.75. The molecule has 0 aliphatic heterocycles. The number of carbonyl (C=O) groups is 1. The van der Waals surface area contributed by atoms with Gasteiger partial charge in [-0.05, 0) is 42.8 Å². The molecule has 0 saturated carbocycles. The maximum Gasteiger partial charge on any atom is 0.261 e. The van der Waals surface area contributed by atoms with Gasteiger partial charge >= 0.3 is 0 Å². The summed E-state index contributed by atoms with van der Waals surface area (Å²) in [5.41, 5.74) is 1.63. The Labute approximate surface area is 178 Å². The third-order valence-electron chi connectivity index (χ3n) is 4.40. The summed E-state index contributed by atoms with van der Waals surface area (Å²) in [6, 6.07) is 19.3. The first-order valence-electron chi connectivity index (χ1n) is 9.88. The fourth-order valence-electron chi connectivity index (χ4n) is 2.76. The lowest BCUT2D eigenvalue weighted by Gasteiger charge is -2.24. The van der Waals surface area contributed by atoms with E-state index >= 15 is 0 Å². The van der Waals surface area contributed by atoms with Crippen molar-refractivity contribution in [1.82, 2.24) is 10.2 Å². The van der Waals surface area contributed by atoms with Gasteiger partial charge in [0.2, 0.25) is 0 Å². The van der Waals surface area contributed by atoms with E-state index < -0.39 is 0 Å². The number of para-hydroxylation sites is 1. The summed E-state index contributed by atoms with van der Waals surface area (Å²) in [5, 5.41) is 12.1. The molecule has 0 aliphatic rings. The van der Waals surface area contributed by atoms with E-state index in [9.17, 15) is 4.79 Å². The molecule has 152 valence electrons. The highest BCUT2D eigenvalue weighted by Gasteiger charge is 2.17. The van der Waals surface area contributed by atoms with Gasteiger partial charge in [-0.2, -0.15) is 5.26 Å². The molecule has 0 fully saturated rings.